The molecular formula is C17H18N2O3. The van der Waals surface area contributed by atoms with Crippen LogP contribution in [0.3, 0.4) is 0 Å². The largest absolute Gasteiger partial charge is 0.488 e. The highest BCUT2D eigenvalue weighted by Crippen LogP contribution is 2.27. The van der Waals surface area contributed by atoms with Crippen molar-refractivity contribution in [2.24, 2.45) is 0 Å². The molecular weight excluding hydrogens is 280 g/mol. The number of rotatable bonds is 5. The number of carbonyl (C=O) groups excluding carboxylic acids is 1. The Morgan fingerprint density at radius 2 is 2.23 bits per heavy atom. The smallest absolute Gasteiger partial charge is 0.258 e. The summed E-state index contributed by atoms with van der Waals surface area (Å²) in [5.74, 6) is 1.33. The van der Waals surface area contributed by atoms with E-state index in [-0.39, 0.29) is 18.6 Å². The minimum absolute atomic E-state index is 0.0117. The number of ether oxygens (including phenoxy) is 2. The number of benzene rings is 1. The van der Waals surface area contributed by atoms with E-state index in [9.17, 15) is 4.79 Å². The summed E-state index contributed by atoms with van der Waals surface area (Å²) in [5, 5.41) is 2.83. The van der Waals surface area contributed by atoms with E-state index in [0.29, 0.717) is 12.3 Å². The number of pyridine rings is 1. The first-order chi connectivity index (χ1) is 10.7. The lowest BCUT2D eigenvalue weighted by atomic mass is 10.1. The molecule has 5 nitrogen and oxygen atoms in total. The van der Waals surface area contributed by atoms with Gasteiger partial charge in [-0.3, -0.25) is 9.78 Å². The minimum atomic E-state index is -0.167. The maximum absolute atomic E-state index is 11.8. The van der Waals surface area contributed by atoms with Crippen molar-refractivity contribution < 1.29 is 14.3 Å². The van der Waals surface area contributed by atoms with Crippen molar-refractivity contribution >= 4 is 5.91 Å². The molecule has 1 aliphatic heterocycles. The number of amides is 1. The summed E-state index contributed by atoms with van der Waals surface area (Å²) in [4.78, 5) is 15.9. The van der Waals surface area contributed by atoms with E-state index < -0.39 is 0 Å². The fraction of sp³-hybridized carbons (Fsp3) is 0.294. The Morgan fingerprint density at radius 1 is 1.36 bits per heavy atom. The van der Waals surface area contributed by atoms with Crippen LogP contribution in [0.25, 0.3) is 0 Å². The van der Waals surface area contributed by atoms with Crippen molar-refractivity contribution in [2.75, 3.05) is 13.2 Å². The van der Waals surface area contributed by atoms with E-state index in [4.69, 9.17) is 9.47 Å². The number of hydrogen-bond acceptors (Lipinski definition) is 4. The third-order valence-corrected chi connectivity index (χ3v) is 3.49. The van der Waals surface area contributed by atoms with Gasteiger partial charge >= 0.3 is 0 Å². The fourth-order valence-corrected chi connectivity index (χ4v) is 2.33. The summed E-state index contributed by atoms with van der Waals surface area (Å²) in [5.41, 5.74) is 2.10. The van der Waals surface area contributed by atoms with Gasteiger partial charge in [-0.05, 0) is 30.7 Å². The molecule has 2 heterocycles. The molecule has 114 valence electrons. The zero-order chi connectivity index (χ0) is 15.4. The first-order valence-electron chi connectivity index (χ1n) is 7.27. The molecule has 1 aliphatic rings. The van der Waals surface area contributed by atoms with Gasteiger partial charge in [-0.2, -0.15) is 0 Å². The van der Waals surface area contributed by atoms with Crippen LogP contribution in [0.4, 0.5) is 0 Å². The van der Waals surface area contributed by atoms with Crippen molar-refractivity contribution in [3.63, 3.8) is 0 Å². The molecule has 1 aromatic heterocycles. The van der Waals surface area contributed by atoms with Crippen molar-refractivity contribution in [3.8, 4) is 11.5 Å². The molecule has 0 saturated heterocycles. The average molecular weight is 298 g/mol. The SMILES string of the molecule is Cc1ccc(OCC(=O)NCC2Cc3ccccc3O2)cn1. The Labute approximate surface area is 129 Å². The predicted molar refractivity (Wildman–Crippen MR) is 82.0 cm³/mol. The summed E-state index contributed by atoms with van der Waals surface area (Å²) in [6.45, 7) is 2.35. The van der Waals surface area contributed by atoms with E-state index in [1.54, 1.807) is 12.3 Å². The topological polar surface area (TPSA) is 60.5 Å². The third kappa shape index (κ3) is 3.55. The van der Waals surface area contributed by atoms with Crippen LogP contribution in [0.15, 0.2) is 42.6 Å². The quantitative estimate of drug-likeness (QED) is 0.915. The number of aromatic nitrogens is 1. The number of aryl methyl sites for hydroxylation is 1. The van der Waals surface area contributed by atoms with E-state index in [0.717, 1.165) is 17.9 Å². The molecule has 2 aromatic rings. The highest BCUT2D eigenvalue weighted by Gasteiger charge is 2.22. The monoisotopic (exact) mass is 298 g/mol. The second-order valence-electron chi connectivity index (χ2n) is 5.28. The van der Waals surface area contributed by atoms with Gasteiger partial charge in [-0.1, -0.05) is 18.2 Å². The molecule has 0 radical (unpaired) electrons. The zero-order valence-electron chi connectivity index (χ0n) is 12.4. The average Bonchev–Trinajstić information content (AvgIpc) is 2.95. The predicted octanol–water partition coefficient (Wildman–Crippen LogP) is 1.89. The van der Waals surface area contributed by atoms with Crippen molar-refractivity contribution in [3.05, 3.63) is 53.9 Å². The molecule has 0 bridgehead atoms. The zero-order valence-corrected chi connectivity index (χ0v) is 12.4. The Hall–Kier alpha value is -2.56. The molecule has 0 aliphatic carbocycles. The molecule has 0 saturated carbocycles. The van der Waals surface area contributed by atoms with Crippen LogP contribution in [0.2, 0.25) is 0 Å². The summed E-state index contributed by atoms with van der Waals surface area (Å²) in [6.07, 6.45) is 2.42. The number of carbonyl (C=O) groups is 1. The number of nitrogens with zero attached hydrogens (tertiary/aromatic N) is 1. The van der Waals surface area contributed by atoms with Gasteiger partial charge in [0.2, 0.25) is 0 Å². The lowest BCUT2D eigenvalue weighted by Crippen LogP contribution is -2.37. The van der Waals surface area contributed by atoms with Crippen LogP contribution in [-0.2, 0) is 11.2 Å². The van der Waals surface area contributed by atoms with Gasteiger partial charge in [0.25, 0.3) is 5.91 Å². The maximum atomic E-state index is 11.8. The van der Waals surface area contributed by atoms with E-state index in [1.165, 1.54) is 5.56 Å². The number of para-hydroxylation sites is 1. The fourth-order valence-electron chi connectivity index (χ4n) is 2.33. The minimum Gasteiger partial charge on any atom is -0.488 e. The lowest BCUT2D eigenvalue weighted by molar-refractivity contribution is -0.123. The van der Waals surface area contributed by atoms with Gasteiger partial charge in [-0.15, -0.1) is 0 Å². The van der Waals surface area contributed by atoms with Crippen LogP contribution in [0.1, 0.15) is 11.3 Å². The van der Waals surface area contributed by atoms with Gasteiger partial charge in [0.15, 0.2) is 6.61 Å². The molecule has 1 unspecified atom stereocenters. The molecule has 0 spiro atoms. The van der Waals surface area contributed by atoms with E-state index >= 15 is 0 Å². The molecule has 1 aromatic carbocycles. The van der Waals surface area contributed by atoms with Crippen LogP contribution in [0.5, 0.6) is 11.5 Å². The second kappa shape index (κ2) is 6.47. The Kier molecular flexibility index (Phi) is 4.23. The van der Waals surface area contributed by atoms with Gasteiger partial charge in [0.1, 0.15) is 17.6 Å². The normalized spacial score (nSPS) is 15.8. The molecule has 5 heteroatoms. The van der Waals surface area contributed by atoms with Gasteiger partial charge in [0, 0.05) is 12.1 Å². The first kappa shape index (κ1) is 14.4. The third-order valence-electron chi connectivity index (χ3n) is 3.49. The Morgan fingerprint density at radius 3 is 3.00 bits per heavy atom. The van der Waals surface area contributed by atoms with Crippen LogP contribution < -0.4 is 14.8 Å². The molecule has 1 amide bonds. The summed E-state index contributed by atoms with van der Waals surface area (Å²) < 4.78 is 11.2. The van der Waals surface area contributed by atoms with E-state index in [1.807, 2.05) is 37.3 Å². The number of hydrogen-bond donors (Lipinski definition) is 1. The van der Waals surface area contributed by atoms with Crippen molar-refractivity contribution in [1.82, 2.24) is 10.3 Å². The first-order valence-corrected chi connectivity index (χ1v) is 7.27. The molecule has 22 heavy (non-hydrogen) atoms. The van der Waals surface area contributed by atoms with E-state index in [2.05, 4.69) is 10.3 Å². The Bertz CT molecular complexity index is 630. The molecule has 0 fully saturated rings. The summed E-state index contributed by atoms with van der Waals surface area (Å²) in [6, 6.07) is 11.6. The lowest BCUT2D eigenvalue weighted by Gasteiger charge is -2.12. The van der Waals surface area contributed by atoms with Gasteiger partial charge in [0.05, 0.1) is 12.7 Å². The number of fused-ring (bicyclic) bond motifs is 1. The highest BCUT2D eigenvalue weighted by atomic mass is 16.5. The Balaban J connectivity index is 1.41. The van der Waals surface area contributed by atoms with Crippen molar-refractivity contribution in [2.45, 2.75) is 19.4 Å². The summed E-state index contributed by atoms with van der Waals surface area (Å²) >= 11 is 0. The standard InChI is InChI=1S/C17H18N2O3/c1-12-6-7-14(9-18-12)21-11-17(20)19-10-15-8-13-4-2-3-5-16(13)22-15/h2-7,9,15H,8,10-11H2,1H3,(H,19,20). The highest BCUT2D eigenvalue weighted by molar-refractivity contribution is 5.77. The van der Waals surface area contributed by atoms with Crippen LogP contribution in [-0.4, -0.2) is 30.1 Å². The molecule has 1 atom stereocenters. The number of nitrogens with one attached hydrogen (secondary N) is 1. The van der Waals surface area contributed by atoms with Gasteiger partial charge < -0.3 is 14.8 Å². The van der Waals surface area contributed by atoms with Crippen molar-refractivity contribution in [1.29, 1.82) is 0 Å². The van der Waals surface area contributed by atoms with Gasteiger partial charge in [-0.25, -0.2) is 0 Å². The second-order valence-corrected chi connectivity index (χ2v) is 5.28. The maximum Gasteiger partial charge on any atom is 0.258 e. The molecule has 3 rings (SSSR count). The van der Waals surface area contributed by atoms with Crippen LogP contribution in [0, 0.1) is 6.92 Å². The van der Waals surface area contributed by atoms with Crippen LogP contribution >= 0.6 is 0 Å². The summed E-state index contributed by atoms with van der Waals surface area (Å²) in [7, 11) is 0. The molecule has 1 N–H and O–H groups in total.